The van der Waals surface area contributed by atoms with Crippen LogP contribution in [-0.2, 0) is 23.4 Å². The van der Waals surface area contributed by atoms with Crippen molar-refractivity contribution >= 4 is 17.7 Å². The molecule has 2 N–H and O–H groups in total. The molecule has 1 atom stereocenters. The zero-order chi connectivity index (χ0) is 20.5. The van der Waals surface area contributed by atoms with Gasteiger partial charge in [-0.2, -0.15) is 0 Å². The SMILES string of the molecule is CC(CCc1ccccc1)NC(=O)Cc1cc(=O)[nH]c(SCc2ccccc2)n1. The summed E-state index contributed by atoms with van der Waals surface area (Å²) in [6, 6.07) is 21.6. The molecule has 6 heteroatoms. The number of H-pyrrole nitrogens is 1. The predicted octanol–water partition coefficient (Wildman–Crippen LogP) is 3.74. The number of aromatic nitrogens is 2. The molecule has 150 valence electrons. The van der Waals surface area contributed by atoms with E-state index in [-0.39, 0.29) is 23.9 Å². The van der Waals surface area contributed by atoms with Crippen molar-refractivity contribution in [2.45, 2.75) is 43.1 Å². The Morgan fingerprint density at radius 1 is 1.07 bits per heavy atom. The molecule has 1 unspecified atom stereocenters. The van der Waals surface area contributed by atoms with Crippen molar-refractivity contribution in [2.75, 3.05) is 0 Å². The normalized spacial score (nSPS) is 11.8. The van der Waals surface area contributed by atoms with Gasteiger partial charge in [-0.3, -0.25) is 9.59 Å². The molecule has 0 aliphatic heterocycles. The number of nitrogens with one attached hydrogen (secondary N) is 2. The number of benzene rings is 2. The monoisotopic (exact) mass is 407 g/mol. The summed E-state index contributed by atoms with van der Waals surface area (Å²) in [5.41, 5.74) is 2.65. The average Bonchev–Trinajstić information content (AvgIpc) is 2.72. The van der Waals surface area contributed by atoms with E-state index in [2.05, 4.69) is 27.4 Å². The number of aryl methyl sites for hydroxylation is 1. The highest BCUT2D eigenvalue weighted by Gasteiger charge is 2.11. The molecule has 0 saturated carbocycles. The quantitative estimate of drug-likeness (QED) is 0.419. The summed E-state index contributed by atoms with van der Waals surface area (Å²) in [6.45, 7) is 1.99. The smallest absolute Gasteiger partial charge is 0.251 e. The lowest BCUT2D eigenvalue weighted by atomic mass is 10.1. The lowest BCUT2D eigenvalue weighted by Gasteiger charge is -2.14. The standard InChI is InChI=1S/C23H25N3O2S/c1-17(12-13-18-8-4-2-5-9-18)24-21(27)14-20-15-22(28)26-23(25-20)29-16-19-10-6-3-7-11-19/h2-11,15,17H,12-14,16H2,1H3,(H,24,27)(H,25,26,28). The summed E-state index contributed by atoms with van der Waals surface area (Å²) in [6.07, 6.45) is 1.86. The van der Waals surface area contributed by atoms with Gasteiger partial charge in [0.2, 0.25) is 5.91 Å². The molecule has 1 amide bonds. The Morgan fingerprint density at radius 2 is 1.72 bits per heavy atom. The second kappa shape index (κ2) is 10.6. The lowest BCUT2D eigenvalue weighted by Crippen LogP contribution is -2.34. The van der Waals surface area contributed by atoms with Crippen LogP contribution in [0, 0.1) is 0 Å². The largest absolute Gasteiger partial charge is 0.353 e. The number of carbonyl (C=O) groups excluding carboxylic acids is 1. The Morgan fingerprint density at radius 3 is 2.41 bits per heavy atom. The molecule has 0 saturated heterocycles. The fourth-order valence-corrected chi connectivity index (χ4v) is 3.81. The van der Waals surface area contributed by atoms with Crippen LogP contribution in [0.4, 0.5) is 0 Å². The van der Waals surface area contributed by atoms with Gasteiger partial charge in [0.1, 0.15) is 0 Å². The maximum absolute atomic E-state index is 12.4. The Kier molecular flexibility index (Phi) is 7.64. The maximum atomic E-state index is 12.4. The van der Waals surface area contributed by atoms with Crippen molar-refractivity contribution in [3.05, 3.63) is 93.9 Å². The highest BCUT2D eigenvalue weighted by Crippen LogP contribution is 2.18. The van der Waals surface area contributed by atoms with E-state index < -0.39 is 0 Å². The number of hydrogen-bond acceptors (Lipinski definition) is 4. The Hall–Kier alpha value is -2.86. The summed E-state index contributed by atoms with van der Waals surface area (Å²) in [5.74, 6) is 0.582. The third kappa shape index (κ3) is 7.23. The van der Waals surface area contributed by atoms with Crippen molar-refractivity contribution in [3.8, 4) is 0 Å². The molecule has 0 bridgehead atoms. The zero-order valence-electron chi connectivity index (χ0n) is 16.4. The van der Waals surface area contributed by atoms with Gasteiger partial charge in [-0.15, -0.1) is 0 Å². The first-order chi connectivity index (χ1) is 14.1. The molecule has 1 aromatic heterocycles. The van der Waals surface area contributed by atoms with Gasteiger partial charge >= 0.3 is 0 Å². The molecule has 3 rings (SSSR count). The number of rotatable bonds is 9. The van der Waals surface area contributed by atoms with Crippen LogP contribution in [0.25, 0.3) is 0 Å². The topological polar surface area (TPSA) is 74.8 Å². The van der Waals surface area contributed by atoms with Gasteiger partial charge in [0.15, 0.2) is 5.16 Å². The van der Waals surface area contributed by atoms with Crippen LogP contribution in [0.1, 0.15) is 30.2 Å². The van der Waals surface area contributed by atoms with Gasteiger partial charge in [-0.05, 0) is 30.9 Å². The van der Waals surface area contributed by atoms with Gasteiger partial charge in [0, 0.05) is 17.9 Å². The molecular formula is C23H25N3O2S. The summed E-state index contributed by atoms with van der Waals surface area (Å²) in [4.78, 5) is 31.5. The van der Waals surface area contributed by atoms with Crippen molar-refractivity contribution in [2.24, 2.45) is 0 Å². The highest BCUT2D eigenvalue weighted by molar-refractivity contribution is 7.98. The first-order valence-corrected chi connectivity index (χ1v) is 10.7. The fraction of sp³-hybridized carbons (Fsp3) is 0.261. The molecule has 3 aromatic rings. The number of thioether (sulfide) groups is 1. The van der Waals surface area contributed by atoms with Gasteiger partial charge in [-0.25, -0.2) is 4.98 Å². The van der Waals surface area contributed by atoms with Gasteiger partial charge in [-0.1, -0.05) is 72.4 Å². The second-order valence-corrected chi connectivity index (χ2v) is 7.95. The Bertz CT molecular complexity index is 974. The Labute approximate surface area is 175 Å². The second-order valence-electron chi connectivity index (χ2n) is 6.99. The van der Waals surface area contributed by atoms with E-state index in [0.29, 0.717) is 16.6 Å². The predicted molar refractivity (Wildman–Crippen MR) is 117 cm³/mol. The van der Waals surface area contributed by atoms with Crippen LogP contribution < -0.4 is 10.9 Å². The molecule has 0 fully saturated rings. The van der Waals surface area contributed by atoms with E-state index in [1.807, 2.05) is 55.5 Å². The highest BCUT2D eigenvalue weighted by atomic mass is 32.2. The molecule has 0 spiro atoms. The summed E-state index contributed by atoms with van der Waals surface area (Å²) in [7, 11) is 0. The van der Waals surface area contributed by atoms with Gasteiger partial charge in [0.25, 0.3) is 5.56 Å². The third-order valence-corrected chi connectivity index (χ3v) is 5.39. The number of aromatic amines is 1. The van der Waals surface area contributed by atoms with Crippen molar-refractivity contribution < 1.29 is 4.79 Å². The molecule has 0 radical (unpaired) electrons. The van der Waals surface area contributed by atoms with Crippen LogP contribution in [0.5, 0.6) is 0 Å². The molecular weight excluding hydrogens is 382 g/mol. The van der Waals surface area contributed by atoms with E-state index in [4.69, 9.17) is 0 Å². The molecule has 0 aliphatic carbocycles. The van der Waals surface area contributed by atoms with Crippen LogP contribution in [0.15, 0.2) is 76.7 Å². The van der Waals surface area contributed by atoms with Crippen LogP contribution >= 0.6 is 11.8 Å². The number of hydrogen-bond donors (Lipinski definition) is 2. The van der Waals surface area contributed by atoms with E-state index in [0.717, 1.165) is 18.4 Å². The van der Waals surface area contributed by atoms with Crippen LogP contribution in [0.3, 0.4) is 0 Å². The number of carbonyl (C=O) groups is 1. The maximum Gasteiger partial charge on any atom is 0.251 e. The molecule has 1 heterocycles. The zero-order valence-corrected chi connectivity index (χ0v) is 17.2. The minimum atomic E-state index is -0.240. The van der Waals surface area contributed by atoms with Crippen molar-refractivity contribution in [3.63, 3.8) is 0 Å². The lowest BCUT2D eigenvalue weighted by molar-refractivity contribution is -0.121. The number of nitrogens with zero attached hydrogens (tertiary/aromatic N) is 1. The Balaban J connectivity index is 1.51. The summed E-state index contributed by atoms with van der Waals surface area (Å²) in [5, 5.41) is 3.53. The van der Waals surface area contributed by atoms with Gasteiger partial charge < -0.3 is 10.3 Å². The minimum Gasteiger partial charge on any atom is -0.353 e. The van der Waals surface area contributed by atoms with Crippen molar-refractivity contribution in [1.29, 1.82) is 0 Å². The third-order valence-electron chi connectivity index (χ3n) is 4.45. The van der Waals surface area contributed by atoms with E-state index in [1.165, 1.54) is 23.4 Å². The average molecular weight is 408 g/mol. The molecule has 2 aromatic carbocycles. The van der Waals surface area contributed by atoms with Crippen molar-refractivity contribution in [1.82, 2.24) is 15.3 Å². The molecule has 5 nitrogen and oxygen atoms in total. The first-order valence-electron chi connectivity index (χ1n) is 9.69. The van der Waals surface area contributed by atoms with Gasteiger partial charge in [0.05, 0.1) is 12.1 Å². The van der Waals surface area contributed by atoms with E-state index in [1.54, 1.807) is 0 Å². The first kappa shape index (κ1) is 20.9. The number of amides is 1. The van der Waals surface area contributed by atoms with Crippen LogP contribution in [0.2, 0.25) is 0 Å². The summed E-state index contributed by atoms with van der Waals surface area (Å²) >= 11 is 1.45. The summed E-state index contributed by atoms with van der Waals surface area (Å²) < 4.78 is 0. The van der Waals surface area contributed by atoms with E-state index >= 15 is 0 Å². The van der Waals surface area contributed by atoms with E-state index in [9.17, 15) is 9.59 Å². The fourth-order valence-electron chi connectivity index (χ4n) is 2.96. The molecule has 0 aliphatic rings. The molecule has 29 heavy (non-hydrogen) atoms. The minimum absolute atomic E-state index is 0.0524. The van der Waals surface area contributed by atoms with Crippen LogP contribution in [-0.4, -0.2) is 21.9 Å².